The second kappa shape index (κ2) is 5.60. The van der Waals surface area contributed by atoms with E-state index in [1.165, 1.54) is 7.05 Å². The minimum Gasteiger partial charge on any atom is -0.464 e. The van der Waals surface area contributed by atoms with Crippen LogP contribution in [0.2, 0.25) is 0 Å². The first kappa shape index (κ1) is 13.9. The number of nitrogens with zero attached hydrogens (tertiary/aromatic N) is 2. The van der Waals surface area contributed by atoms with E-state index in [4.69, 9.17) is 10.8 Å². The molecule has 3 amide bonds. The van der Waals surface area contributed by atoms with Crippen LogP contribution < -0.4 is 11.1 Å². The van der Waals surface area contributed by atoms with Gasteiger partial charge in [0, 0.05) is 12.6 Å². The average molecular weight is 276 g/mol. The summed E-state index contributed by atoms with van der Waals surface area (Å²) in [6.45, 7) is 0. The summed E-state index contributed by atoms with van der Waals surface area (Å²) in [7, 11) is 1.38. The predicted octanol–water partition coefficient (Wildman–Crippen LogP) is 1.50. The maximum Gasteiger partial charge on any atom is 0.427 e. The van der Waals surface area contributed by atoms with E-state index in [1.807, 2.05) is 24.3 Å². The predicted molar refractivity (Wildman–Crippen MR) is 73.5 cm³/mol. The summed E-state index contributed by atoms with van der Waals surface area (Å²) in [4.78, 5) is 21.9. The lowest BCUT2D eigenvalue weighted by molar-refractivity contribution is 0.157. The normalized spacial score (nSPS) is 19.2. The smallest absolute Gasteiger partial charge is 0.427 e. The van der Waals surface area contributed by atoms with Crippen molar-refractivity contribution in [2.24, 2.45) is 10.8 Å². The number of primary amides is 1. The number of benzene rings is 1. The van der Waals surface area contributed by atoms with E-state index in [9.17, 15) is 9.59 Å². The molecule has 1 atom stereocenters. The van der Waals surface area contributed by atoms with Crippen LogP contribution in [0.25, 0.3) is 0 Å². The summed E-state index contributed by atoms with van der Waals surface area (Å²) in [5.74, 6) is 0. The fraction of sp³-hybridized carbons (Fsp3) is 0.308. The van der Waals surface area contributed by atoms with Crippen LogP contribution in [0.4, 0.5) is 9.59 Å². The minimum atomic E-state index is -1.12. The molecule has 20 heavy (non-hydrogen) atoms. The van der Waals surface area contributed by atoms with Gasteiger partial charge in [-0.3, -0.25) is 0 Å². The topological polar surface area (TPSA) is 108 Å². The molecule has 2 rings (SSSR count). The molecule has 0 fully saturated rings. The highest BCUT2D eigenvalue weighted by atomic mass is 16.4. The Kier molecular flexibility index (Phi) is 3.88. The van der Waals surface area contributed by atoms with Gasteiger partial charge in [0.25, 0.3) is 0 Å². The van der Waals surface area contributed by atoms with Crippen LogP contribution in [0, 0.1) is 0 Å². The zero-order valence-electron chi connectivity index (χ0n) is 11.0. The van der Waals surface area contributed by atoms with Crippen molar-refractivity contribution < 1.29 is 14.7 Å². The number of urea groups is 1. The van der Waals surface area contributed by atoms with E-state index < -0.39 is 12.1 Å². The first-order chi connectivity index (χ1) is 9.49. The van der Waals surface area contributed by atoms with Gasteiger partial charge < -0.3 is 16.2 Å². The Balaban J connectivity index is 2.36. The molecule has 0 radical (unpaired) electrons. The van der Waals surface area contributed by atoms with Crippen LogP contribution in [0.1, 0.15) is 30.0 Å². The average Bonchev–Trinajstić information content (AvgIpc) is 2.41. The number of amides is 3. The molecule has 0 saturated heterocycles. The Hall–Kier alpha value is -2.57. The molecular formula is C13H16N4O3. The molecule has 0 bridgehead atoms. The highest BCUT2D eigenvalue weighted by molar-refractivity contribution is 6.03. The Morgan fingerprint density at radius 1 is 1.45 bits per heavy atom. The van der Waals surface area contributed by atoms with Crippen LogP contribution in [0.15, 0.2) is 29.4 Å². The number of rotatable bonds is 2. The number of hydrazone groups is 1. The molecule has 1 aromatic rings. The molecule has 1 unspecified atom stereocenters. The van der Waals surface area contributed by atoms with Crippen LogP contribution in [-0.2, 0) is 0 Å². The molecule has 7 nitrogen and oxygen atoms in total. The van der Waals surface area contributed by atoms with E-state index in [-0.39, 0.29) is 6.04 Å². The van der Waals surface area contributed by atoms with Crippen LogP contribution in [-0.4, -0.2) is 35.0 Å². The molecule has 1 aliphatic carbocycles. The number of carboxylic acid groups (broad SMARTS) is 1. The van der Waals surface area contributed by atoms with Gasteiger partial charge in [0.05, 0.1) is 11.8 Å². The number of carbonyl (C=O) groups is 2. The number of hydrogen-bond donors (Lipinski definition) is 3. The third-order valence-corrected chi connectivity index (χ3v) is 3.18. The van der Waals surface area contributed by atoms with Crippen molar-refractivity contribution in [1.82, 2.24) is 10.3 Å². The second-order valence-corrected chi connectivity index (χ2v) is 4.54. The summed E-state index contributed by atoms with van der Waals surface area (Å²) >= 11 is 0. The fourth-order valence-electron chi connectivity index (χ4n) is 2.28. The van der Waals surface area contributed by atoms with Crippen molar-refractivity contribution in [3.8, 4) is 0 Å². The summed E-state index contributed by atoms with van der Waals surface area (Å²) in [6, 6.07) is 6.70. The van der Waals surface area contributed by atoms with Gasteiger partial charge in [-0.1, -0.05) is 24.3 Å². The molecule has 0 heterocycles. The highest BCUT2D eigenvalue weighted by Gasteiger charge is 2.25. The van der Waals surface area contributed by atoms with E-state index in [0.717, 1.165) is 16.1 Å². The fourth-order valence-corrected chi connectivity index (χ4v) is 2.28. The van der Waals surface area contributed by atoms with E-state index in [1.54, 1.807) is 0 Å². The zero-order valence-corrected chi connectivity index (χ0v) is 11.0. The SMILES string of the molecule is CN(N=C1CCC(NC(N)=O)c2ccccc21)C(=O)O. The lowest BCUT2D eigenvalue weighted by atomic mass is 9.86. The van der Waals surface area contributed by atoms with Gasteiger partial charge in [0.1, 0.15) is 0 Å². The van der Waals surface area contributed by atoms with Crippen LogP contribution in [0.3, 0.4) is 0 Å². The number of nitrogens with one attached hydrogen (secondary N) is 1. The van der Waals surface area contributed by atoms with Crippen molar-refractivity contribution in [1.29, 1.82) is 0 Å². The minimum absolute atomic E-state index is 0.169. The van der Waals surface area contributed by atoms with Gasteiger partial charge in [0.15, 0.2) is 0 Å². The Morgan fingerprint density at radius 3 is 2.80 bits per heavy atom. The molecule has 0 saturated carbocycles. The van der Waals surface area contributed by atoms with Gasteiger partial charge in [-0.2, -0.15) is 5.10 Å². The molecule has 1 aromatic carbocycles. The van der Waals surface area contributed by atoms with Crippen molar-refractivity contribution in [2.75, 3.05) is 7.05 Å². The molecule has 106 valence electrons. The monoisotopic (exact) mass is 276 g/mol. The van der Waals surface area contributed by atoms with Crippen molar-refractivity contribution in [2.45, 2.75) is 18.9 Å². The summed E-state index contributed by atoms with van der Waals surface area (Å²) in [6.07, 6.45) is 0.0820. The van der Waals surface area contributed by atoms with E-state index in [0.29, 0.717) is 18.6 Å². The molecule has 4 N–H and O–H groups in total. The Bertz CT molecular complexity index is 570. The van der Waals surface area contributed by atoms with Gasteiger partial charge >= 0.3 is 12.1 Å². The van der Waals surface area contributed by atoms with Crippen molar-refractivity contribution in [3.05, 3.63) is 35.4 Å². The molecule has 7 heteroatoms. The standard InChI is InChI=1S/C13H16N4O3/c1-17(13(19)20)16-11-7-6-10(15-12(14)18)8-4-2-3-5-9(8)11/h2-5,10H,6-7H2,1H3,(H,19,20)(H3,14,15,18). The third kappa shape index (κ3) is 2.87. The maximum atomic E-state index is 11.0. The zero-order chi connectivity index (χ0) is 14.7. The van der Waals surface area contributed by atoms with Gasteiger partial charge in [0.2, 0.25) is 0 Å². The molecule has 0 aliphatic heterocycles. The van der Waals surface area contributed by atoms with Crippen molar-refractivity contribution in [3.63, 3.8) is 0 Å². The molecular weight excluding hydrogens is 260 g/mol. The maximum absolute atomic E-state index is 11.0. The first-order valence-electron chi connectivity index (χ1n) is 6.18. The Morgan fingerprint density at radius 2 is 2.15 bits per heavy atom. The number of carbonyl (C=O) groups excluding carboxylic acids is 1. The Labute approximate surface area is 116 Å². The van der Waals surface area contributed by atoms with Crippen LogP contribution >= 0.6 is 0 Å². The second-order valence-electron chi connectivity index (χ2n) is 4.54. The van der Waals surface area contributed by atoms with Gasteiger partial charge in [-0.15, -0.1) is 0 Å². The molecule has 0 aromatic heterocycles. The van der Waals surface area contributed by atoms with Crippen LogP contribution in [0.5, 0.6) is 0 Å². The number of hydrogen-bond acceptors (Lipinski definition) is 3. The van der Waals surface area contributed by atoms with Gasteiger partial charge in [-0.05, 0) is 18.4 Å². The number of fused-ring (bicyclic) bond motifs is 1. The lowest BCUT2D eigenvalue weighted by Gasteiger charge is -2.27. The molecule has 1 aliphatic rings. The summed E-state index contributed by atoms with van der Waals surface area (Å²) in [5.41, 5.74) is 7.59. The quantitative estimate of drug-likeness (QED) is 0.712. The van der Waals surface area contributed by atoms with Crippen molar-refractivity contribution >= 4 is 17.8 Å². The summed E-state index contributed by atoms with van der Waals surface area (Å²) in [5, 5.41) is 16.5. The highest BCUT2D eigenvalue weighted by Crippen LogP contribution is 2.30. The molecule has 0 spiro atoms. The summed E-state index contributed by atoms with van der Waals surface area (Å²) < 4.78 is 0. The van der Waals surface area contributed by atoms with E-state index >= 15 is 0 Å². The largest absolute Gasteiger partial charge is 0.464 e. The third-order valence-electron chi connectivity index (χ3n) is 3.18. The number of nitrogens with two attached hydrogens (primary N) is 1. The first-order valence-corrected chi connectivity index (χ1v) is 6.18. The van der Waals surface area contributed by atoms with E-state index in [2.05, 4.69) is 10.4 Å². The lowest BCUT2D eigenvalue weighted by Crippen LogP contribution is -2.36. The van der Waals surface area contributed by atoms with Gasteiger partial charge in [-0.25, -0.2) is 14.6 Å².